The molecule has 122 valence electrons. The molecule has 0 spiro atoms. The van der Waals surface area contributed by atoms with Crippen molar-refractivity contribution in [2.45, 2.75) is 69.7 Å². The summed E-state index contributed by atoms with van der Waals surface area (Å²) in [5.41, 5.74) is 1.54. The van der Waals surface area contributed by atoms with E-state index in [9.17, 15) is 4.79 Å². The van der Waals surface area contributed by atoms with Crippen LogP contribution in [0.4, 0.5) is 0 Å². The molecule has 2 aliphatic rings. The standard InChI is InChI=1S/C18H24N4O/c23-18(19-15-8-2-1-3-9-15)14-10-11-16-20-21-17(22(16)12-14)13-6-4-5-7-13/h10-13,15H,1-9H2,(H,19,23). The maximum Gasteiger partial charge on any atom is 0.252 e. The fourth-order valence-electron chi connectivity index (χ4n) is 4.02. The van der Waals surface area contributed by atoms with Crippen molar-refractivity contribution < 1.29 is 4.79 Å². The Morgan fingerprint density at radius 3 is 2.52 bits per heavy atom. The summed E-state index contributed by atoms with van der Waals surface area (Å²) in [6.45, 7) is 0. The van der Waals surface area contributed by atoms with Gasteiger partial charge in [0.1, 0.15) is 5.82 Å². The second-order valence-electron chi connectivity index (χ2n) is 6.99. The van der Waals surface area contributed by atoms with Crippen molar-refractivity contribution in [2.75, 3.05) is 0 Å². The zero-order valence-electron chi connectivity index (χ0n) is 13.5. The Balaban J connectivity index is 1.57. The van der Waals surface area contributed by atoms with Crippen molar-refractivity contribution in [3.8, 4) is 0 Å². The first-order valence-corrected chi connectivity index (χ1v) is 8.97. The van der Waals surface area contributed by atoms with Gasteiger partial charge in [-0.15, -0.1) is 10.2 Å². The number of fused-ring (bicyclic) bond motifs is 1. The monoisotopic (exact) mass is 312 g/mol. The SMILES string of the molecule is O=C(NC1CCCCC1)c1ccc2nnc(C3CCCC3)n2c1. The van der Waals surface area contributed by atoms with Crippen LogP contribution in [0.3, 0.4) is 0 Å². The Labute approximate surface area is 136 Å². The molecule has 1 N–H and O–H groups in total. The summed E-state index contributed by atoms with van der Waals surface area (Å²) in [4.78, 5) is 12.5. The molecule has 2 aromatic heterocycles. The fourth-order valence-corrected chi connectivity index (χ4v) is 4.02. The van der Waals surface area contributed by atoms with Gasteiger partial charge in [0.2, 0.25) is 0 Å². The summed E-state index contributed by atoms with van der Waals surface area (Å²) < 4.78 is 2.02. The Morgan fingerprint density at radius 1 is 1.00 bits per heavy atom. The van der Waals surface area contributed by atoms with Crippen LogP contribution in [-0.2, 0) is 0 Å². The summed E-state index contributed by atoms with van der Waals surface area (Å²) >= 11 is 0. The minimum absolute atomic E-state index is 0.0323. The third-order valence-corrected chi connectivity index (χ3v) is 5.35. The summed E-state index contributed by atoms with van der Waals surface area (Å²) in [5.74, 6) is 1.54. The molecule has 5 heteroatoms. The van der Waals surface area contributed by atoms with Gasteiger partial charge in [-0.05, 0) is 37.8 Å². The van der Waals surface area contributed by atoms with E-state index in [2.05, 4.69) is 15.5 Å². The van der Waals surface area contributed by atoms with Crippen molar-refractivity contribution in [3.63, 3.8) is 0 Å². The minimum atomic E-state index is 0.0323. The molecule has 1 amide bonds. The van der Waals surface area contributed by atoms with Gasteiger partial charge < -0.3 is 5.32 Å². The van der Waals surface area contributed by atoms with Gasteiger partial charge in [-0.1, -0.05) is 32.1 Å². The lowest BCUT2D eigenvalue weighted by Crippen LogP contribution is -2.36. The second-order valence-corrected chi connectivity index (χ2v) is 6.99. The van der Waals surface area contributed by atoms with Crippen LogP contribution in [0.15, 0.2) is 18.3 Å². The molecule has 0 aromatic carbocycles. The van der Waals surface area contributed by atoms with E-state index in [1.54, 1.807) is 0 Å². The molecule has 2 aliphatic carbocycles. The van der Waals surface area contributed by atoms with E-state index in [4.69, 9.17) is 0 Å². The topological polar surface area (TPSA) is 59.3 Å². The first kappa shape index (κ1) is 14.7. The number of aromatic nitrogens is 3. The van der Waals surface area contributed by atoms with E-state index >= 15 is 0 Å². The number of nitrogens with zero attached hydrogens (tertiary/aromatic N) is 3. The van der Waals surface area contributed by atoms with Crippen molar-refractivity contribution >= 4 is 11.6 Å². The van der Waals surface area contributed by atoms with E-state index in [1.165, 1.54) is 44.9 Å². The van der Waals surface area contributed by atoms with Crippen LogP contribution in [0.1, 0.15) is 79.9 Å². The smallest absolute Gasteiger partial charge is 0.252 e. The van der Waals surface area contributed by atoms with E-state index in [1.807, 2.05) is 22.7 Å². The van der Waals surface area contributed by atoms with Crippen LogP contribution < -0.4 is 5.32 Å². The van der Waals surface area contributed by atoms with E-state index in [0.717, 1.165) is 24.3 Å². The van der Waals surface area contributed by atoms with Gasteiger partial charge in [0.05, 0.1) is 5.56 Å². The molecule has 0 radical (unpaired) electrons. The number of pyridine rings is 1. The quantitative estimate of drug-likeness (QED) is 0.944. The van der Waals surface area contributed by atoms with Crippen LogP contribution in [-0.4, -0.2) is 26.5 Å². The molecule has 0 bridgehead atoms. The Morgan fingerprint density at radius 2 is 1.74 bits per heavy atom. The molecule has 2 heterocycles. The van der Waals surface area contributed by atoms with Crippen molar-refractivity contribution in [1.29, 1.82) is 0 Å². The average molecular weight is 312 g/mol. The lowest BCUT2D eigenvalue weighted by Gasteiger charge is -2.22. The maximum atomic E-state index is 12.5. The van der Waals surface area contributed by atoms with Gasteiger partial charge in [0, 0.05) is 18.2 Å². The van der Waals surface area contributed by atoms with Crippen LogP contribution in [0.2, 0.25) is 0 Å². The molecule has 0 atom stereocenters. The van der Waals surface area contributed by atoms with E-state index in [-0.39, 0.29) is 5.91 Å². The zero-order chi connectivity index (χ0) is 15.6. The normalized spacial score (nSPS) is 20.2. The molecule has 0 saturated heterocycles. The largest absolute Gasteiger partial charge is 0.349 e. The third-order valence-electron chi connectivity index (χ3n) is 5.35. The van der Waals surface area contributed by atoms with Gasteiger partial charge in [0.15, 0.2) is 5.65 Å². The van der Waals surface area contributed by atoms with Gasteiger partial charge >= 0.3 is 0 Å². The van der Waals surface area contributed by atoms with Crippen LogP contribution in [0, 0.1) is 0 Å². The van der Waals surface area contributed by atoms with E-state index < -0.39 is 0 Å². The molecule has 5 nitrogen and oxygen atoms in total. The predicted molar refractivity (Wildman–Crippen MR) is 88.5 cm³/mol. The Kier molecular flexibility index (Phi) is 4.02. The van der Waals surface area contributed by atoms with Gasteiger partial charge in [-0.25, -0.2) is 0 Å². The summed E-state index contributed by atoms with van der Waals surface area (Å²) in [5, 5.41) is 11.8. The van der Waals surface area contributed by atoms with Gasteiger partial charge in [-0.2, -0.15) is 0 Å². The zero-order valence-corrected chi connectivity index (χ0v) is 13.5. The van der Waals surface area contributed by atoms with Crippen molar-refractivity contribution in [2.24, 2.45) is 0 Å². The molecular formula is C18H24N4O. The number of amides is 1. The maximum absolute atomic E-state index is 12.5. The number of nitrogens with one attached hydrogen (secondary N) is 1. The molecule has 0 aliphatic heterocycles. The van der Waals surface area contributed by atoms with E-state index in [0.29, 0.717) is 17.5 Å². The highest BCUT2D eigenvalue weighted by Gasteiger charge is 2.23. The molecule has 4 rings (SSSR count). The molecule has 2 saturated carbocycles. The minimum Gasteiger partial charge on any atom is -0.349 e. The molecule has 23 heavy (non-hydrogen) atoms. The summed E-state index contributed by atoms with van der Waals surface area (Å²) in [6, 6.07) is 4.10. The second kappa shape index (κ2) is 6.30. The van der Waals surface area contributed by atoms with Crippen LogP contribution in [0.5, 0.6) is 0 Å². The van der Waals surface area contributed by atoms with Crippen LogP contribution in [0.25, 0.3) is 5.65 Å². The Hall–Kier alpha value is -1.91. The molecular weight excluding hydrogens is 288 g/mol. The van der Waals surface area contributed by atoms with Crippen molar-refractivity contribution in [1.82, 2.24) is 19.9 Å². The number of hydrogen-bond donors (Lipinski definition) is 1. The third kappa shape index (κ3) is 2.96. The molecule has 2 aromatic rings. The highest BCUT2D eigenvalue weighted by molar-refractivity contribution is 5.94. The summed E-state index contributed by atoms with van der Waals surface area (Å²) in [6.07, 6.45) is 12.8. The first-order valence-electron chi connectivity index (χ1n) is 8.97. The van der Waals surface area contributed by atoms with Gasteiger partial charge in [0.25, 0.3) is 5.91 Å². The van der Waals surface area contributed by atoms with Crippen molar-refractivity contribution in [3.05, 3.63) is 29.7 Å². The number of rotatable bonds is 3. The number of carbonyl (C=O) groups is 1. The average Bonchev–Trinajstić information content (AvgIpc) is 3.24. The molecule has 2 fully saturated rings. The lowest BCUT2D eigenvalue weighted by atomic mass is 9.95. The fraction of sp³-hybridized carbons (Fsp3) is 0.611. The van der Waals surface area contributed by atoms with Gasteiger partial charge in [-0.3, -0.25) is 9.20 Å². The number of carbonyl (C=O) groups excluding carboxylic acids is 1. The highest BCUT2D eigenvalue weighted by Crippen LogP contribution is 2.33. The predicted octanol–water partition coefficient (Wildman–Crippen LogP) is 3.45. The highest BCUT2D eigenvalue weighted by atomic mass is 16.1. The lowest BCUT2D eigenvalue weighted by molar-refractivity contribution is 0.0927. The summed E-state index contributed by atoms with van der Waals surface area (Å²) in [7, 11) is 0. The number of hydrogen-bond acceptors (Lipinski definition) is 3. The molecule has 0 unspecified atom stereocenters. The Bertz CT molecular complexity index is 696. The van der Waals surface area contributed by atoms with Crippen LogP contribution >= 0.6 is 0 Å². The first-order chi connectivity index (χ1) is 11.3.